The van der Waals surface area contributed by atoms with Crippen LogP contribution in [-0.2, 0) is 4.79 Å². The van der Waals surface area contributed by atoms with Gasteiger partial charge in [-0.15, -0.1) is 5.10 Å². The zero-order chi connectivity index (χ0) is 14.9. The highest BCUT2D eigenvalue weighted by Crippen LogP contribution is 2.40. The fourth-order valence-corrected chi connectivity index (χ4v) is 2.58. The van der Waals surface area contributed by atoms with Crippen molar-refractivity contribution in [2.45, 2.75) is 26.2 Å². The van der Waals surface area contributed by atoms with Gasteiger partial charge in [0.1, 0.15) is 0 Å². The van der Waals surface area contributed by atoms with Crippen molar-refractivity contribution in [2.24, 2.45) is 11.1 Å². The van der Waals surface area contributed by atoms with E-state index in [0.29, 0.717) is 12.4 Å². The van der Waals surface area contributed by atoms with Crippen LogP contribution in [0.2, 0.25) is 0 Å². The summed E-state index contributed by atoms with van der Waals surface area (Å²) in [6.45, 7) is 2.22. The monoisotopic (exact) mass is 286 g/mol. The van der Waals surface area contributed by atoms with Gasteiger partial charge >= 0.3 is 0 Å². The zero-order valence-corrected chi connectivity index (χ0v) is 11.9. The second-order valence-electron chi connectivity index (χ2n) is 5.48. The average Bonchev–Trinajstić information content (AvgIpc) is 2.85. The predicted molar refractivity (Wildman–Crippen MR) is 77.9 cm³/mol. The number of nitrogens with zero attached hydrogens (tertiary/aromatic N) is 4. The Morgan fingerprint density at radius 2 is 2.29 bits per heavy atom. The molecule has 0 spiro atoms. The lowest BCUT2D eigenvalue weighted by Gasteiger charge is -2.39. The molecule has 7 heteroatoms. The van der Waals surface area contributed by atoms with Crippen LogP contribution in [0.1, 0.15) is 25.1 Å². The Labute approximate surface area is 122 Å². The number of nitrogens with two attached hydrogens (primary N) is 1. The number of benzene rings is 1. The number of anilines is 1. The Balaban J connectivity index is 1.81. The fraction of sp³-hybridized carbons (Fsp3) is 0.429. The van der Waals surface area contributed by atoms with Gasteiger partial charge in [0.15, 0.2) is 5.82 Å². The molecule has 1 heterocycles. The van der Waals surface area contributed by atoms with Crippen molar-refractivity contribution < 1.29 is 4.79 Å². The number of hydrogen-bond donors (Lipinski definition) is 2. The highest BCUT2D eigenvalue weighted by atomic mass is 16.2. The van der Waals surface area contributed by atoms with E-state index in [1.165, 1.54) is 0 Å². The van der Waals surface area contributed by atoms with Crippen molar-refractivity contribution >= 4 is 11.6 Å². The summed E-state index contributed by atoms with van der Waals surface area (Å²) >= 11 is 0. The van der Waals surface area contributed by atoms with Crippen molar-refractivity contribution in [2.75, 3.05) is 11.9 Å². The summed E-state index contributed by atoms with van der Waals surface area (Å²) in [4.78, 5) is 12.4. The fourth-order valence-electron chi connectivity index (χ4n) is 2.58. The lowest BCUT2D eigenvalue weighted by atomic mass is 9.68. The van der Waals surface area contributed by atoms with Gasteiger partial charge in [-0.2, -0.15) is 4.68 Å². The normalized spacial score (nSPS) is 16.3. The third-order valence-electron chi connectivity index (χ3n) is 4.16. The van der Waals surface area contributed by atoms with Crippen LogP contribution in [0.15, 0.2) is 24.3 Å². The van der Waals surface area contributed by atoms with E-state index in [4.69, 9.17) is 5.73 Å². The summed E-state index contributed by atoms with van der Waals surface area (Å²) in [5.41, 5.74) is 6.91. The van der Waals surface area contributed by atoms with Crippen molar-refractivity contribution in [1.82, 2.24) is 20.2 Å². The summed E-state index contributed by atoms with van der Waals surface area (Å²) in [5, 5.41) is 14.4. The molecule has 0 bridgehead atoms. The summed E-state index contributed by atoms with van der Waals surface area (Å²) in [6.07, 6.45) is 2.79. The molecule has 1 aromatic carbocycles. The second kappa shape index (κ2) is 5.25. The molecule has 1 aliphatic rings. The van der Waals surface area contributed by atoms with Gasteiger partial charge in [0.2, 0.25) is 5.91 Å². The molecule has 110 valence electrons. The minimum Gasteiger partial charge on any atom is -0.329 e. The number of hydrogen-bond acceptors (Lipinski definition) is 5. The maximum absolute atomic E-state index is 12.4. The number of aryl methyl sites for hydroxylation is 1. The quantitative estimate of drug-likeness (QED) is 0.875. The molecule has 0 atom stereocenters. The van der Waals surface area contributed by atoms with Crippen molar-refractivity contribution in [1.29, 1.82) is 0 Å². The van der Waals surface area contributed by atoms with E-state index in [9.17, 15) is 4.79 Å². The molecule has 0 radical (unpaired) electrons. The topological polar surface area (TPSA) is 98.7 Å². The maximum atomic E-state index is 12.4. The van der Waals surface area contributed by atoms with Crippen LogP contribution in [0, 0.1) is 12.3 Å². The molecule has 3 N–H and O–H groups in total. The minimum absolute atomic E-state index is 0.00170. The third-order valence-corrected chi connectivity index (χ3v) is 4.16. The van der Waals surface area contributed by atoms with Crippen LogP contribution in [0.4, 0.5) is 5.69 Å². The summed E-state index contributed by atoms with van der Waals surface area (Å²) in [5.74, 6) is 0.692. The average molecular weight is 286 g/mol. The Hall–Kier alpha value is -2.28. The molecule has 7 nitrogen and oxygen atoms in total. The predicted octanol–water partition coefficient (Wildman–Crippen LogP) is 1.04. The van der Waals surface area contributed by atoms with Gasteiger partial charge in [0, 0.05) is 12.2 Å². The number of amides is 1. The molecule has 1 aromatic heterocycles. The highest BCUT2D eigenvalue weighted by Gasteiger charge is 2.42. The molecular formula is C14H18N6O. The largest absolute Gasteiger partial charge is 0.329 e. The number of tetrazole rings is 1. The van der Waals surface area contributed by atoms with E-state index in [1.54, 1.807) is 4.68 Å². The van der Waals surface area contributed by atoms with Crippen LogP contribution in [0.5, 0.6) is 0 Å². The van der Waals surface area contributed by atoms with E-state index in [2.05, 4.69) is 20.8 Å². The Morgan fingerprint density at radius 3 is 2.86 bits per heavy atom. The molecule has 1 aliphatic carbocycles. The number of nitrogens with one attached hydrogen (secondary N) is 1. The van der Waals surface area contributed by atoms with Gasteiger partial charge in [-0.1, -0.05) is 12.5 Å². The van der Waals surface area contributed by atoms with Crippen LogP contribution < -0.4 is 11.1 Å². The van der Waals surface area contributed by atoms with Gasteiger partial charge in [-0.05, 0) is 48.4 Å². The van der Waals surface area contributed by atoms with Gasteiger partial charge < -0.3 is 11.1 Å². The standard InChI is InChI=1S/C14H18N6O/c1-10-17-18-19-20(10)12-5-2-4-11(8-12)16-13(21)14(9-15)6-3-7-14/h2,4-5,8H,3,6-7,9,15H2,1H3,(H,16,21). The van der Waals surface area contributed by atoms with Gasteiger partial charge in [0.25, 0.3) is 0 Å². The first-order valence-corrected chi connectivity index (χ1v) is 7.02. The number of carbonyl (C=O) groups excluding carboxylic acids is 1. The Kier molecular flexibility index (Phi) is 3.42. The van der Waals surface area contributed by atoms with Crippen LogP contribution in [-0.4, -0.2) is 32.7 Å². The van der Waals surface area contributed by atoms with Crippen molar-refractivity contribution in [3.63, 3.8) is 0 Å². The molecule has 3 rings (SSSR count). The number of carbonyl (C=O) groups is 1. The summed E-state index contributed by atoms with van der Waals surface area (Å²) in [6, 6.07) is 7.46. The molecule has 0 unspecified atom stereocenters. The van der Waals surface area contributed by atoms with Crippen molar-refractivity contribution in [3.8, 4) is 5.69 Å². The summed E-state index contributed by atoms with van der Waals surface area (Å²) in [7, 11) is 0. The van der Waals surface area contributed by atoms with Crippen LogP contribution >= 0.6 is 0 Å². The molecule has 0 aliphatic heterocycles. The number of rotatable bonds is 4. The Bertz CT molecular complexity index is 655. The van der Waals surface area contributed by atoms with Gasteiger partial charge in [-0.3, -0.25) is 4.79 Å². The Morgan fingerprint density at radius 1 is 1.48 bits per heavy atom. The van der Waals surface area contributed by atoms with Crippen LogP contribution in [0.3, 0.4) is 0 Å². The smallest absolute Gasteiger partial charge is 0.231 e. The second-order valence-corrected chi connectivity index (χ2v) is 5.48. The highest BCUT2D eigenvalue weighted by molar-refractivity contribution is 5.96. The minimum atomic E-state index is -0.388. The van der Waals surface area contributed by atoms with Gasteiger partial charge in [0.05, 0.1) is 11.1 Å². The molecular weight excluding hydrogens is 268 g/mol. The van der Waals surface area contributed by atoms with E-state index in [1.807, 2.05) is 31.2 Å². The number of aromatic nitrogens is 4. The van der Waals surface area contributed by atoms with E-state index < -0.39 is 0 Å². The third kappa shape index (κ3) is 2.40. The first kappa shape index (κ1) is 13.7. The lowest BCUT2D eigenvalue weighted by molar-refractivity contribution is -0.129. The van der Waals surface area contributed by atoms with E-state index >= 15 is 0 Å². The van der Waals surface area contributed by atoms with Gasteiger partial charge in [-0.25, -0.2) is 0 Å². The molecule has 21 heavy (non-hydrogen) atoms. The van der Waals surface area contributed by atoms with Crippen molar-refractivity contribution in [3.05, 3.63) is 30.1 Å². The molecule has 1 saturated carbocycles. The van der Waals surface area contributed by atoms with E-state index in [-0.39, 0.29) is 11.3 Å². The SMILES string of the molecule is Cc1nnnn1-c1cccc(NC(=O)C2(CN)CCC2)c1. The first-order chi connectivity index (χ1) is 10.1. The van der Waals surface area contributed by atoms with Crippen LogP contribution in [0.25, 0.3) is 5.69 Å². The molecule has 1 fully saturated rings. The zero-order valence-electron chi connectivity index (χ0n) is 11.9. The van der Waals surface area contributed by atoms with E-state index in [0.717, 1.165) is 30.6 Å². The molecule has 1 amide bonds. The molecule has 0 saturated heterocycles. The maximum Gasteiger partial charge on any atom is 0.231 e. The lowest BCUT2D eigenvalue weighted by Crippen LogP contribution is -2.47. The summed E-state index contributed by atoms with van der Waals surface area (Å²) < 4.78 is 1.62. The first-order valence-electron chi connectivity index (χ1n) is 7.02. The molecule has 2 aromatic rings.